The van der Waals surface area contributed by atoms with E-state index in [2.05, 4.69) is 160 Å². The molecule has 2 aliphatic carbocycles. The van der Waals surface area contributed by atoms with E-state index in [0.29, 0.717) is 0 Å². The molecular weight excluding hydrogens is 943 g/mol. The van der Waals surface area contributed by atoms with Crippen LogP contribution in [-0.2, 0) is 30.9 Å². The van der Waals surface area contributed by atoms with Crippen molar-refractivity contribution >= 4 is 21.5 Å². The Morgan fingerprint density at radius 2 is 0.762 bits per heavy atom. The Bertz CT molecular complexity index is 3000. The molecule has 2 aliphatic rings. The van der Waals surface area contributed by atoms with Crippen molar-refractivity contribution in [3.05, 3.63) is 235 Å². The molecule has 0 N–H and O–H groups in total. The minimum atomic E-state index is -0.0984. The van der Waals surface area contributed by atoms with E-state index >= 15 is 0 Å². The zero-order chi connectivity index (χ0) is 42.3. The summed E-state index contributed by atoms with van der Waals surface area (Å²) in [5, 5.41) is 5.26. The summed E-state index contributed by atoms with van der Waals surface area (Å²) in [6.07, 6.45) is 5.64. The van der Waals surface area contributed by atoms with Crippen molar-refractivity contribution in [1.82, 2.24) is 15.0 Å². The van der Waals surface area contributed by atoms with E-state index in [1.54, 1.807) is 6.20 Å². The van der Waals surface area contributed by atoms with Crippen molar-refractivity contribution in [2.24, 2.45) is 0 Å². The maximum Gasteiger partial charge on any atom is 3.00 e. The van der Waals surface area contributed by atoms with Crippen LogP contribution in [0.5, 0.6) is 0 Å². The molecule has 63 heavy (non-hydrogen) atoms. The summed E-state index contributed by atoms with van der Waals surface area (Å²) in [4.78, 5) is 13.7. The van der Waals surface area contributed by atoms with E-state index in [9.17, 15) is 0 Å². The van der Waals surface area contributed by atoms with E-state index in [0.717, 1.165) is 33.8 Å². The zero-order valence-corrected chi connectivity index (χ0v) is 38.0. The zero-order valence-electron chi connectivity index (χ0n) is 35.7. The van der Waals surface area contributed by atoms with Crippen molar-refractivity contribution in [1.29, 1.82) is 0 Å². The van der Waals surface area contributed by atoms with Crippen LogP contribution in [0.3, 0.4) is 0 Å². The normalized spacial score (nSPS) is 13.2. The van der Waals surface area contributed by atoms with Gasteiger partial charge in [0.25, 0.3) is 0 Å². The van der Waals surface area contributed by atoms with Gasteiger partial charge in [0.15, 0.2) is 0 Å². The molecule has 0 spiro atoms. The first kappa shape index (κ1) is 41.5. The van der Waals surface area contributed by atoms with E-state index < -0.39 is 0 Å². The van der Waals surface area contributed by atoms with Crippen molar-refractivity contribution < 1.29 is 20.1 Å². The van der Waals surface area contributed by atoms with E-state index in [-0.39, 0.29) is 30.9 Å². The Kier molecular flexibility index (Phi) is 11.3. The number of fused-ring (bicyclic) bond motifs is 10. The molecule has 7 aromatic carbocycles. The fourth-order valence-electron chi connectivity index (χ4n) is 9.79. The van der Waals surface area contributed by atoms with Gasteiger partial charge >= 0.3 is 20.1 Å². The Labute approximate surface area is 384 Å². The standard InChI is InChI=1S/2C24H18N.C11H8N.Ir/c2*1-24(2)21-18-11-7-6-8-16(18)12-13-19(21)20-14-15-25-23(22(20)24)17-9-4-3-5-10-17;1-2-6-10(7-3-1)11-8-4-5-9-12-11;/h2*3-9,11-15H,1-2H3;1-6,8-9H;/q3*-1;+3. The molecule has 10 aromatic rings. The van der Waals surface area contributed by atoms with Crippen molar-refractivity contribution in [3.8, 4) is 56.0 Å². The Balaban J connectivity index is 0.000000126. The van der Waals surface area contributed by atoms with Gasteiger partial charge in [-0.1, -0.05) is 113 Å². The summed E-state index contributed by atoms with van der Waals surface area (Å²) in [5.41, 5.74) is 16.7. The van der Waals surface area contributed by atoms with E-state index in [4.69, 9.17) is 9.97 Å². The number of benzene rings is 7. The fraction of sp³-hybridized carbons (Fsp3) is 0.102. The molecule has 0 saturated carbocycles. The number of nitrogens with zero attached hydrogens (tertiary/aromatic N) is 3. The van der Waals surface area contributed by atoms with Gasteiger partial charge in [0.2, 0.25) is 0 Å². The molecule has 3 nitrogen and oxygen atoms in total. The van der Waals surface area contributed by atoms with Gasteiger partial charge in [-0.2, -0.15) is 0 Å². The van der Waals surface area contributed by atoms with E-state index in [1.807, 2.05) is 79.1 Å². The summed E-state index contributed by atoms with van der Waals surface area (Å²) < 4.78 is 0. The summed E-state index contributed by atoms with van der Waals surface area (Å²) in [5.74, 6) is 0. The molecule has 0 radical (unpaired) electrons. The molecule has 0 atom stereocenters. The fourth-order valence-corrected chi connectivity index (χ4v) is 9.79. The van der Waals surface area contributed by atoms with Gasteiger partial charge in [-0.05, 0) is 101 Å². The average molecular weight is 987 g/mol. The molecule has 0 unspecified atom stereocenters. The second-order valence-corrected chi connectivity index (χ2v) is 16.9. The van der Waals surface area contributed by atoms with Crippen LogP contribution < -0.4 is 0 Å². The minimum absolute atomic E-state index is 0. The van der Waals surface area contributed by atoms with Crippen molar-refractivity contribution in [2.75, 3.05) is 0 Å². The predicted octanol–water partition coefficient (Wildman–Crippen LogP) is 14.6. The van der Waals surface area contributed by atoms with Gasteiger partial charge in [0.05, 0.1) is 0 Å². The SMILES string of the molecule is CC1(C)c2c(ccnc2-c2[c-]cccc2)-c2ccc3ccccc3c21.CC1(C)c2c(ccnc2-c2[c-]cccc2)-c2ccc3ccccc3c21.[Ir+3].[c-]1ccccc1-c1ccccn1. The third kappa shape index (κ3) is 7.40. The molecular formula is C59H44IrN3. The molecule has 0 amide bonds. The van der Waals surface area contributed by atoms with Gasteiger partial charge in [-0.15, -0.1) is 108 Å². The smallest absolute Gasteiger partial charge is 0.305 e. The monoisotopic (exact) mass is 987 g/mol. The molecule has 0 bridgehead atoms. The van der Waals surface area contributed by atoms with Crippen LogP contribution >= 0.6 is 0 Å². The molecule has 0 aliphatic heterocycles. The molecule has 0 fully saturated rings. The van der Waals surface area contributed by atoms with Gasteiger partial charge < -0.3 is 15.0 Å². The van der Waals surface area contributed by atoms with Gasteiger partial charge in [0, 0.05) is 29.4 Å². The molecule has 12 rings (SSSR count). The first-order valence-electron chi connectivity index (χ1n) is 21.2. The van der Waals surface area contributed by atoms with Crippen molar-refractivity contribution in [2.45, 2.75) is 38.5 Å². The summed E-state index contributed by atoms with van der Waals surface area (Å²) in [7, 11) is 0. The van der Waals surface area contributed by atoms with Gasteiger partial charge in [-0.3, -0.25) is 0 Å². The number of hydrogen-bond acceptors (Lipinski definition) is 3. The number of hydrogen-bond donors (Lipinski definition) is 0. The largest absolute Gasteiger partial charge is 3.00 e. The summed E-state index contributed by atoms with van der Waals surface area (Å²) in [6.45, 7) is 9.27. The van der Waals surface area contributed by atoms with Crippen LogP contribution in [0.25, 0.3) is 77.6 Å². The first-order chi connectivity index (χ1) is 30.3. The van der Waals surface area contributed by atoms with Crippen LogP contribution in [-0.4, -0.2) is 15.0 Å². The third-order valence-electron chi connectivity index (χ3n) is 12.4. The summed E-state index contributed by atoms with van der Waals surface area (Å²) >= 11 is 0. The second-order valence-electron chi connectivity index (χ2n) is 16.9. The molecule has 4 heteroatoms. The quantitative estimate of drug-likeness (QED) is 0.166. The van der Waals surface area contributed by atoms with Gasteiger partial charge in [-0.25, -0.2) is 0 Å². The maximum atomic E-state index is 4.75. The Morgan fingerprint density at radius 1 is 0.349 bits per heavy atom. The van der Waals surface area contributed by atoms with Crippen LogP contribution in [0.1, 0.15) is 49.9 Å². The molecule has 3 aromatic heterocycles. The predicted molar refractivity (Wildman–Crippen MR) is 256 cm³/mol. The first-order valence-corrected chi connectivity index (χ1v) is 21.2. The van der Waals surface area contributed by atoms with Crippen molar-refractivity contribution in [3.63, 3.8) is 0 Å². The van der Waals surface area contributed by atoms with Crippen LogP contribution in [0.2, 0.25) is 0 Å². The molecule has 304 valence electrons. The van der Waals surface area contributed by atoms with Crippen LogP contribution in [0, 0.1) is 18.2 Å². The Hall–Kier alpha value is -6.84. The topological polar surface area (TPSA) is 38.7 Å². The number of aromatic nitrogens is 3. The van der Waals surface area contributed by atoms with E-state index in [1.165, 1.54) is 66.1 Å². The maximum absolute atomic E-state index is 4.75. The summed E-state index contributed by atoms with van der Waals surface area (Å²) in [6, 6.07) is 70.4. The number of pyridine rings is 3. The second kappa shape index (κ2) is 17.1. The van der Waals surface area contributed by atoms with Crippen LogP contribution in [0.15, 0.2) is 195 Å². The molecule has 3 heterocycles. The van der Waals surface area contributed by atoms with Crippen LogP contribution in [0.4, 0.5) is 0 Å². The molecule has 0 saturated heterocycles. The minimum Gasteiger partial charge on any atom is -0.305 e. The van der Waals surface area contributed by atoms with Gasteiger partial charge in [0.1, 0.15) is 0 Å². The third-order valence-corrected chi connectivity index (χ3v) is 12.4. The Morgan fingerprint density at radius 3 is 1.19 bits per heavy atom. The number of rotatable bonds is 3. The average Bonchev–Trinajstić information content (AvgIpc) is 3.73.